The van der Waals surface area contributed by atoms with Crippen molar-refractivity contribution in [2.45, 2.75) is 26.7 Å². The Morgan fingerprint density at radius 2 is 1.85 bits per heavy atom. The third-order valence-corrected chi connectivity index (χ3v) is 4.90. The molecule has 0 aromatic carbocycles. The summed E-state index contributed by atoms with van der Waals surface area (Å²) in [4.78, 5) is 18.4. The highest BCUT2D eigenvalue weighted by molar-refractivity contribution is 5.90. The zero-order valence-corrected chi connectivity index (χ0v) is 15.2. The van der Waals surface area contributed by atoms with Gasteiger partial charge in [-0.2, -0.15) is 5.10 Å². The second-order valence-electron chi connectivity index (χ2n) is 6.77. The third kappa shape index (κ3) is 2.70. The lowest BCUT2D eigenvalue weighted by molar-refractivity contribution is 0.823. The number of hydrogen-bond acceptors (Lipinski definition) is 5. The summed E-state index contributed by atoms with van der Waals surface area (Å²) < 4.78 is 1.83. The summed E-state index contributed by atoms with van der Waals surface area (Å²) in [5.41, 5.74) is 5.96. The molecule has 6 heteroatoms. The van der Waals surface area contributed by atoms with E-state index in [1.54, 1.807) is 6.20 Å². The summed E-state index contributed by atoms with van der Waals surface area (Å²) in [5.74, 6) is 0.816. The van der Waals surface area contributed by atoms with Crippen LogP contribution in [0.25, 0.3) is 27.5 Å². The van der Waals surface area contributed by atoms with Crippen molar-refractivity contribution in [3.05, 3.63) is 71.7 Å². The molecule has 0 atom stereocenters. The van der Waals surface area contributed by atoms with Gasteiger partial charge >= 0.3 is 0 Å². The van der Waals surface area contributed by atoms with Gasteiger partial charge < -0.3 is 0 Å². The molecule has 0 saturated heterocycles. The van der Waals surface area contributed by atoms with Crippen LogP contribution < -0.4 is 0 Å². The van der Waals surface area contributed by atoms with Gasteiger partial charge in [0.15, 0.2) is 11.5 Å². The Morgan fingerprint density at radius 1 is 0.926 bits per heavy atom. The van der Waals surface area contributed by atoms with E-state index in [1.165, 1.54) is 0 Å². The molecule has 0 bridgehead atoms. The van der Waals surface area contributed by atoms with Crippen LogP contribution in [0.3, 0.4) is 0 Å². The van der Waals surface area contributed by atoms with E-state index in [4.69, 9.17) is 9.97 Å². The summed E-state index contributed by atoms with van der Waals surface area (Å²) >= 11 is 0. The average molecular weight is 354 g/mol. The minimum Gasteiger partial charge on any atom is -0.261 e. The molecule has 5 aromatic rings. The molecule has 0 radical (unpaired) electrons. The zero-order chi connectivity index (χ0) is 18.4. The normalized spacial score (nSPS) is 11.6. The maximum atomic E-state index is 4.84. The second kappa shape index (κ2) is 6.09. The highest BCUT2D eigenvalue weighted by Crippen LogP contribution is 2.20. The van der Waals surface area contributed by atoms with Gasteiger partial charge in [0.2, 0.25) is 0 Å². The van der Waals surface area contributed by atoms with Crippen molar-refractivity contribution < 1.29 is 0 Å². The fourth-order valence-corrected chi connectivity index (χ4v) is 3.44. The van der Waals surface area contributed by atoms with Crippen LogP contribution in [0.4, 0.5) is 0 Å². The van der Waals surface area contributed by atoms with Gasteiger partial charge in [0.25, 0.3) is 0 Å². The largest absolute Gasteiger partial charge is 0.261 e. The van der Waals surface area contributed by atoms with Crippen LogP contribution in [0.5, 0.6) is 0 Å². The lowest BCUT2D eigenvalue weighted by atomic mass is 10.1. The Labute approximate surface area is 155 Å². The van der Waals surface area contributed by atoms with Crippen LogP contribution in [-0.4, -0.2) is 29.5 Å². The number of pyridine rings is 4. The van der Waals surface area contributed by atoms with Crippen molar-refractivity contribution in [3.8, 4) is 0 Å². The van der Waals surface area contributed by atoms with Crippen molar-refractivity contribution in [1.29, 1.82) is 0 Å². The van der Waals surface area contributed by atoms with Crippen molar-refractivity contribution in [2.24, 2.45) is 0 Å². The summed E-state index contributed by atoms with van der Waals surface area (Å²) in [6, 6.07) is 10.1. The first-order chi connectivity index (χ1) is 13.2. The van der Waals surface area contributed by atoms with E-state index in [1.807, 2.05) is 49.0 Å². The second-order valence-corrected chi connectivity index (χ2v) is 6.77. The smallest absolute Gasteiger partial charge is 0.164 e. The Morgan fingerprint density at radius 3 is 2.78 bits per heavy atom. The van der Waals surface area contributed by atoms with Crippen LogP contribution >= 0.6 is 0 Å². The van der Waals surface area contributed by atoms with Crippen LogP contribution in [0.1, 0.15) is 22.8 Å². The minimum absolute atomic E-state index is 0.741. The number of fused-ring (bicyclic) bond motifs is 4. The summed E-state index contributed by atoms with van der Waals surface area (Å²) in [6.45, 7) is 4.07. The maximum Gasteiger partial charge on any atom is 0.164 e. The standard InChI is InChI=1S/C21H18N6/c1-13-12-23-14(2)16-7-5-15(24-20(13)16)6-8-19-25-21-17-4-3-10-22-18(17)9-11-27(21)26-19/h3-5,7,9-12H,6,8H2,1-2H3. The van der Waals surface area contributed by atoms with E-state index in [9.17, 15) is 0 Å². The predicted molar refractivity (Wildman–Crippen MR) is 105 cm³/mol. The molecule has 0 aliphatic carbocycles. The number of rotatable bonds is 3. The van der Waals surface area contributed by atoms with Gasteiger partial charge in [0.1, 0.15) is 0 Å². The molecular weight excluding hydrogens is 336 g/mol. The summed E-state index contributed by atoms with van der Waals surface area (Å²) in [5, 5.41) is 6.74. The molecule has 0 aliphatic rings. The SMILES string of the molecule is Cc1ncc(C)c2nc(CCc3nc4c5cccnc5ccn4n3)ccc12. The van der Waals surface area contributed by atoms with Crippen LogP contribution in [0.2, 0.25) is 0 Å². The molecular formula is C21H18N6. The molecule has 0 amide bonds. The van der Waals surface area contributed by atoms with Gasteiger partial charge in [-0.1, -0.05) is 0 Å². The molecule has 27 heavy (non-hydrogen) atoms. The number of hydrogen-bond donors (Lipinski definition) is 0. The van der Waals surface area contributed by atoms with E-state index in [0.29, 0.717) is 0 Å². The van der Waals surface area contributed by atoms with Gasteiger partial charge in [-0.3, -0.25) is 15.0 Å². The first-order valence-electron chi connectivity index (χ1n) is 9.00. The maximum absolute atomic E-state index is 4.84. The first kappa shape index (κ1) is 15.8. The number of nitrogens with zero attached hydrogens (tertiary/aromatic N) is 6. The van der Waals surface area contributed by atoms with Crippen molar-refractivity contribution in [1.82, 2.24) is 29.5 Å². The molecule has 5 heterocycles. The summed E-state index contributed by atoms with van der Waals surface area (Å²) in [6.07, 6.45) is 7.13. The van der Waals surface area contributed by atoms with Gasteiger partial charge in [-0.25, -0.2) is 9.50 Å². The van der Waals surface area contributed by atoms with Gasteiger partial charge in [0.05, 0.1) is 11.0 Å². The summed E-state index contributed by atoms with van der Waals surface area (Å²) in [7, 11) is 0. The Kier molecular flexibility index (Phi) is 3.57. The Hall–Kier alpha value is -3.41. The third-order valence-electron chi connectivity index (χ3n) is 4.90. The molecule has 6 nitrogen and oxygen atoms in total. The topological polar surface area (TPSA) is 68.9 Å². The predicted octanol–water partition coefficient (Wildman–Crippen LogP) is 3.62. The fourth-order valence-electron chi connectivity index (χ4n) is 3.44. The number of aromatic nitrogens is 6. The molecule has 5 aromatic heterocycles. The van der Waals surface area contributed by atoms with E-state index in [2.05, 4.69) is 27.2 Å². The fraction of sp³-hybridized carbons (Fsp3) is 0.190. The monoisotopic (exact) mass is 354 g/mol. The minimum atomic E-state index is 0.741. The molecule has 5 rings (SSSR count). The van der Waals surface area contributed by atoms with E-state index < -0.39 is 0 Å². The lowest BCUT2D eigenvalue weighted by Gasteiger charge is -2.06. The molecule has 0 saturated carbocycles. The van der Waals surface area contributed by atoms with E-state index >= 15 is 0 Å². The quantitative estimate of drug-likeness (QED) is 0.495. The van der Waals surface area contributed by atoms with Crippen LogP contribution in [0, 0.1) is 13.8 Å². The molecule has 0 unspecified atom stereocenters. The molecule has 0 N–H and O–H groups in total. The first-order valence-corrected chi connectivity index (χ1v) is 9.00. The Balaban J connectivity index is 1.47. The molecule has 0 spiro atoms. The van der Waals surface area contributed by atoms with Crippen LogP contribution in [-0.2, 0) is 12.8 Å². The zero-order valence-electron chi connectivity index (χ0n) is 15.2. The van der Waals surface area contributed by atoms with Crippen molar-refractivity contribution >= 4 is 27.5 Å². The Bertz CT molecular complexity index is 1300. The van der Waals surface area contributed by atoms with E-state index in [0.717, 1.165) is 63.1 Å². The lowest BCUT2D eigenvalue weighted by Crippen LogP contribution is -1.99. The average Bonchev–Trinajstić information content (AvgIpc) is 3.13. The number of aryl methyl sites for hydroxylation is 4. The highest BCUT2D eigenvalue weighted by Gasteiger charge is 2.10. The van der Waals surface area contributed by atoms with Crippen LogP contribution in [0.15, 0.2) is 48.9 Å². The molecule has 132 valence electrons. The molecule has 0 aliphatic heterocycles. The molecule has 0 fully saturated rings. The van der Waals surface area contributed by atoms with E-state index in [-0.39, 0.29) is 0 Å². The van der Waals surface area contributed by atoms with Crippen molar-refractivity contribution in [2.75, 3.05) is 0 Å². The van der Waals surface area contributed by atoms with Gasteiger partial charge in [0, 0.05) is 47.2 Å². The van der Waals surface area contributed by atoms with Gasteiger partial charge in [-0.05, 0) is 56.2 Å². The van der Waals surface area contributed by atoms with Crippen molar-refractivity contribution in [3.63, 3.8) is 0 Å². The van der Waals surface area contributed by atoms with Gasteiger partial charge in [-0.15, -0.1) is 0 Å². The highest BCUT2D eigenvalue weighted by atomic mass is 15.3.